The van der Waals surface area contributed by atoms with Crippen molar-refractivity contribution in [2.24, 2.45) is 0 Å². The van der Waals surface area contributed by atoms with E-state index in [1.54, 1.807) is 0 Å². The van der Waals surface area contributed by atoms with E-state index in [-0.39, 0.29) is 0 Å². The highest BCUT2D eigenvalue weighted by molar-refractivity contribution is 7.60. The molecule has 0 spiro atoms. The molecule has 0 aliphatic rings. The van der Waals surface area contributed by atoms with Crippen molar-refractivity contribution in [3.05, 3.63) is 0 Å². The van der Waals surface area contributed by atoms with Gasteiger partial charge in [0.1, 0.15) is 0 Å². The highest BCUT2D eigenvalue weighted by atomic mass is 31.3. The molecule has 0 aliphatic heterocycles. The Balaban J connectivity index is -0.000000212. The zero-order valence-corrected chi connectivity index (χ0v) is 11.1. The third kappa shape index (κ3) is 102. The fourth-order valence-electron chi connectivity index (χ4n) is 0.139. The molecule has 0 aromatic rings. The number of aliphatic carboxylic acids is 1. The minimum Gasteiger partial charge on any atom is -0.481 e. The standard InChI is InChI=1S/C2H4O2.H4O7P2.H3O4P/c1-2(3)4;1-8(2,3)7-9(4,5)6;1-5(2,3)4/h1H3,(H,3,4);(H2,1,2,3)(H2,4,5,6);(H3,1,2,3,4). The van der Waals surface area contributed by atoms with E-state index >= 15 is 0 Å². The second-order valence-corrected chi connectivity index (χ2v) is 5.74. The van der Waals surface area contributed by atoms with Crippen molar-refractivity contribution in [2.75, 3.05) is 0 Å². The number of carbonyl (C=O) groups is 1. The zero-order valence-electron chi connectivity index (χ0n) is 8.46. The van der Waals surface area contributed by atoms with Crippen LogP contribution in [0.5, 0.6) is 0 Å². The lowest BCUT2D eigenvalue weighted by Gasteiger charge is -2.03. The van der Waals surface area contributed by atoms with E-state index in [0.717, 1.165) is 6.92 Å². The van der Waals surface area contributed by atoms with Crippen LogP contribution < -0.4 is 0 Å². The summed E-state index contributed by atoms with van der Waals surface area (Å²) in [6.45, 7) is 1.08. The molecule has 0 bridgehead atoms. The Morgan fingerprint density at radius 2 is 0.944 bits per heavy atom. The summed E-state index contributed by atoms with van der Waals surface area (Å²) in [5.74, 6) is -0.833. The predicted octanol–water partition coefficient (Wildman–Crippen LogP) is -1.65. The molecule has 13 nitrogen and oxygen atoms in total. The summed E-state index contributed by atoms with van der Waals surface area (Å²) in [5.41, 5.74) is 0. The second kappa shape index (κ2) is 8.86. The van der Waals surface area contributed by atoms with Crippen molar-refractivity contribution in [3.8, 4) is 0 Å². The van der Waals surface area contributed by atoms with Crippen molar-refractivity contribution in [1.82, 2.24) is 0 Å². The maximum Gasteiger partial charge on any atom is 0.478 e. The Kier molecular flexibility index (Phi) is 11.3. The van der Waals surface area contributed by atoms with Crippen molar-refractivity contribution < 1.29 is 62.2 Å². The van der Waals surface area contributed by atoms with Crippen LogP contribution in [-0.4, -0.2) is 45.3 Å². The Labute approximate surface area is 99.4 Å². The molecular weight excluding hydrogens is 325 g/mol. The molecule has 0 amide bonds. The lowest BCUT2D eigenvalue weighted by molar-refractivity contribution is -0.134. The highest BCUT2D eigenvalue weighted by Gasteiger charge is 2.27. The molecule has 0 saturated heterocycles. The second-order valence-electron chi connectivity index (χ2n) is 2.10. The van der Waals surface area contributed by atoms with Gasteiger partial charge < -0.3 is 39.4 Å². The zero-order chi connectivity index (χ0) is 15.8. The number of hydrogen-bond acceptors (Lipinski definition) is 5. The van der Waals surface area contributed by atoms with E-state index < -0.39 is 29.4 Å². The molecule has 0 aromatic heterocycles. The average molecular weight is 336 g/mol. The molecule has 0 heterocycles. The highest BCUT2D eigenvalue weighted by Crippen LogP contribution is 2.53. The summed E-state index contributed by atoms with van der Waals surface area (Å²) in [6.07, 6.45) is 0. The molecular formula is C2H11O13P3. The van der Waals surface area contributed by atoms with E-state index in [0.29, 0.717) is 0 Å². The van der Waals surface area contributed by atoms with Crippen molar-refractivity contribution >= 4 is 29.4 Å². The molecule has 0 rings (SSSR count). The van der Waals surface area contributed by atoms with Crippen LogP contribution in [0.1, 0.15) is 6.92 Å². The first-order valence-electron chi connectivity index (χ1n) is 3.24. The van der Waals surface area contributed by atoms with Gasteiger partial charge in [0.2, 0.25) is 0 Å². The normalized spacial score (nSPS) is 11.6. The van der Waals surface area contributed by atoms with Crippen LogP contribution >= 0.6 is 23.5 Å². The van der Waals surface area contributed by atoms with Gasteiger partial charge in [-0.3, -0.25) is 4.79 Å². The van der Waals surface area contributed by atoms with Crippen LogP contribution in [0.15, 0.2) is 0 Å². The maximum absolute atomic E-state index is 9.63. The molecule has 0 aliphatic carbocycles. The third-order valence-electron chi connectivity index (χ3n) is 0.213. The van der Waals surface area contributed by atoms with Crippen molar-refractivity contribution in [2.45, 2.75) is 6.92 Å². The Morgan fingerprint density at radius 3 is 0.944 bits per heavy atom. The maximum atomic E-state index is 9.63. The Bertz CT molecular complexity index is 333. The molecule has 0 saturated carbocycles. The molecule has 0 aromatic carbocycles. The van der Waals surface area contributed by atoms with Gasteiger partial charge in [0.15, 0.2) is 0 Å². The van der Waals surface area contributed by atoms with Crippen LogP contribution in [0.25, 0.3) is 0 Å². The van der Waals surface area contributed by atoms with Crippen LogP contribution in [0.3, 0.4) is 0 Å². The van der Waals surface area contributed by atoms with Gasteiger partial charge in [-0.05, 0) is 0 Å². The van der Waals surface area contributed by atoms with Gasteiger partial charge in [0.25, 0.3) is 5.97 Å². The first kappa shape index (κ1) is 23.0. The van der Waals surface area contributed by atoms with Gasteiger partial charge in [-0.25, -0.2) is 13.7 Å². The summed E-state index contributed by atoms with van der Waals surface area (Å²) in [4.78, 5) is 61.6. The summed E-state index contributed by atoms with van der Waals surface area (Å²) in [7, 11) is -14.7. The Hall–Kier alpha value is -0.160. The van der Waals surface area contributed by atoms with E-state index in [1.165, 1.54) is 0 Å². The number of rotatable bonds is 2. The summed E-state index contributed by atoms with van der Waals surface area (Å²) < 4.78 is 31.1. The first-order valence-corrected chi connectivity index (χ1v) is 7.87. The smallest absolute Gasteiger partial charge is 0.478 e. The van der Waals surface area contributed by atoms with Crippen LogP contribution in [0.2, 0.25) is 0 Å². The van der Waals surface area contributed by atoms with Crippen LogP contribution in [-0.2, 0) is 22.8 Å². The van der Waals surface area contributed by atoms with Gasteiger partial charge >= 0.3 is 23.5 Å². The monoisotopic (exact) mass is 336 g/mol. The van der Waals surface area contributed by atoms with Gasteiger partial charge in [0.05, 0.1) is 0 Å². The van der Waals surface area contributed by atoms with Gasteiger partial charge in [0, 0.05) is 6.92 Å². The first-order chi connectivity index (χ1) is 7.44. The molecule has 112 valence electrons. The Morgan fingerprint density at radius 1 is 0.833 bits per heavy atom. The van der Waals surface area contributed by atoms with Crippen molar-refractivity contribution in [3.63, 3.8) is 0 Å². The molecule has 0 atom stereocenters. The fourth-order valence-corrected chi connectivity index (χ4v) is 1.25. The molecule has 8 N–H and O–H groups in total. The van der Waals surface area contributed by atoms with Gasteiger partial charge in [-0.2, -0.15) is 4.31 Å². The fraction of sp³-hybridized carbons (Fsp3) is 0.500. The lowest BCUT2D eigenvalue weighted by atomic mass is 10.9. The summed E-state index contributed by atoms with van der Waals surface area (Å²) >= 11 is 0. The van der Waals surface area contributed by atoms with Crippen LogP contribution in [0.4, 0.5) is 0 Å². The summed E-state index contributed by atoms with van der Waals surface area (Å²) in [5, 5.41) is 7.42. The molecule has 16 heteroatoms. The summed E-state index contributed by atoms with van der Waals surface area (Å²) in [6, 6.07) is 0. The lowest BCUT2D eigenvalue weighted by Crippen LogP contribution is -1.84. The topological polar surface area (TPSA) is 239 Å². The van der Waals surface area contributed by atoms with Gasteiger partial charge in [-0.15, -0.1) is 0 Å². The van der Waals surface area contributed by atoms with E-state index in [2.05, 4.69) is 4.31 Å². The SMILES string of the molecule is CC(=O)O.O=P(O)(O)O.O=P(O)(O)OP(=O)(O)O. The number of carboxylic acid groups (broad SMARTS) is 1. The quantitative estimate of drug-likeness (QED) is 0.264. The predicted molar refractivity (Wildman–Crippen MR) is 52.7 cm³/mol. The minimum absolute atomic E-state index is 0.833. The van der Waals surface area contributed by atoms with E-state index in [4.69, 9.17) is 48.7 Å². The number of phosphoric acid groups is 3. The molecule has 0 radical (unpaired) electrons. The number of carboxylic acids is 1. The molecule has 0 fully saturated rings. The van der Waals surface area contributed by atoms with Crippen molar-refractivity contribution in [1.29, 1.82) is 0 Å². The average Bonchev–Trinajstić information content (AvgIpc) is 1.67. The van der Waals surface area contributed by atoms with Crippen LogP contribution in [0, 0.1) is 0 Å². The van der Waals surface area contributed by atoms with E-state index in [9.17, 15) is 9.13 Å². The molecule has 18 heavy (non-hydrogen) atoms. The molecule has 0 unspecified atom stereocenters. The third-order valence-corrected chi connectivity index (χ3v) is 1.91. The van der Waals surface area contributed by atoms with E-state index in [1.807, 2.05) is 0 Å². The number of hydrogen-bond donors (Lipinski definition) is 8. The van der Waals surface area contributed by atoms with Gasteiger partial charge in [-0.1, -0.05) is 0 Å². The largest absolute Gasteiger partial charge is 0.481 e. The minimum atomic E-state index is -5.05.